The van der Waals surface area contributed by atoms with Crippen LogP contribution in [0.15, 0.2) is 24.3 Å². The van der Waals surface area contributed by atoms with Crippen LogP contribution in [-0.4, -0.2) is 36.7 Å². The molecule has 2 amide bonds. The van der Waals surface area contributed by atoms with Crippen LogP contribution in [0.25, 0.3) is 0 Å². The van der Waals surface area contributed by atoms with Crippen LogP contribution in [-0.2, 0) is 0 Å². The van der Waals surface area contributed by atoms with Crippen molar-refractivity contribution in [1.29, 1.82) is 0 Å². The number of rotatable bonds is 5. The molecule has 3 rings (SSSR count). The number of hydrogen-bond donors (Lipinski definition) is 1. The van der Waals surface area contributed by atoms with E-state index in [0.717, 1.165) is 24.6 Å². The molecule has 2 aliphatic rings. The smallest absolute Gasteiger partial charge is 0.317 e. The van der Waals surface area contributed by atoms with Gasteiger partial charge in [0.2, 0.25) is 0 Å². The van der Waals surface area contributed by atoms with Gasteiger partial charge >= 0.3 is 6.03 Å². The highest BCUT2D eigenvalue weighted by Crippen LogP contribution is 2.27. The van der Waals surface area contributed by atoms with Gasteiger partial charge in [-0.05, 0) is 31.4 Å². The standard InChI is InChI=1S/C18H26N2O2/c1-14-6-8-16(9-7-14)22-17-12-20(13-17)18(21)19-11-10-15-4-2-3-5-15/h6-9,15,17H,2-5,10-13H2,1H3,(H,19,21). The minimum absolute atomic E-state index is 0.0572. The number of likely N-dealkylation sites (tertiary alicyclic amines) is 1. The number of urea groups is 1. The SMILES string of the molecule is Cc1ccc(OC2CN(C(=O)NCCC3CCCC3)C2)cc1. The third-order valence-corrected chi connectivity index (χ3v) is 4.76. The Morgan fingerprint density at radius 1 is 1.23 bits per heavy atom. The average Bonchev–Trinajstić information content (AvgIpc) is 2.97. The highest BCUT2D eigenvalue weighted by atomic mass is 16.5. The van der Waals surface area contributed by atoms with E-state index in [0.29, 0.717) is 13.1 Å². The summed E-state index contributed by atoms with van der Waals surface area (Å²) in [7, 11) is 0. The second-order valence-electron chi connectivity index (χ2n) is 6.63. The van der Waals surface area contributed by atoms with Crippen molar-refractivity contribution in [1.82, 2.24) is 10.2 Å². The third-order valence-electron chi connectivity index (χ3n) is 4.76. The summed E-state index contributed by atoms with van der Waals surface area (Å²) < 4.78 is 5.85. The zero-order valence-electron chi connectivity index (χ0n) is 13.4. The Labute approximate surface area is 132 Å². The third kappa shape index (κ3) is 3.93. The van der Waals surface area contributed by atoms with Gasteiger partial charge in [0.15, 0.2) is 0 Å². The van der Waals surface area contributed by atoms with E-state index in [-0.39, 0.29) is 12.1 Å². The van der Waals surface area contributed by atoms with Crippen molar-refractivity contribution in [2.24, 2.45) is 5.92 Å². The number of nitrogens with one attached hydrogen (secondary N) is 1. The van der Waals surface area contributed by atoms with Crippen LogP contribution in [0.1, 0.15) is 37.7 Å². The Hall–Kier alpha value is -1.71. The molecule has 22 heavy (non-hydrogen) atoms. The zero-order valence-corrected chi connectivity index (χ0v) is 13.4. The predicted octanol–water partition coefficient (Wildman–Crippen LogP) is 3.35. The molecular formula is C18H26N2O2. The fraction of sp³-hybridized carbons (Fsp3) is 0.611. The number of aryl methyl sites for hydroxylation is 1. The zero-order chi connectivity index (χ0) is 15.4. The lowest BCUT2D eigenvalue weighted by atomic mass is 10.0. The molecule has 1 heterocycles. The van der Waals surface area contributed by atoms with Crippen molar-refractivity contribution in [2.75, 3.05) is 19.6 Å². The van der Waals surface area contributed by atoms with Crippen molar-refractivity contribution in [3.63, 3.8) is 0 Å². The monoisotopic (exact) mass is 302 g/mol. The molecule has 0 bridgehead atoms. The Morgan fingerprint density at radius 2 is 1.91 bits per heavy atom. The summed E-state index contributed by atoms with van der Waals surface area (Å²) in [6.45, 7) is 4.24. The first kappa shape index (κ1) is 15.2. The predicted molar refractivity (Wildman–Crippen MR) is 87.1 cm³/mol. The first-order valence-corrected chi connectivity index (χ1v) is 8.47. The Balaban J connectivity index is 1.32. The van der Waals surface area contributed by atoms with E-state index in [2.05, 4.69) is 12.2 Å². The van der Waals surface area contributed by atoms with Gasteiger partial charge < -0.3 is 15.0 Å². The van der Waals surface area contributed by atoms with Gasteiger partial charge in [-0.3, -0.25) is 0 Å². The maximum Gasteiger partial charge on any atom is 0.317 e. The highest BCUT2D eigenvalue weighted by Gasteiger charge is 2.32. The molecule has 1 saturated heterocycles. The minimum atomic E-state index is 0.0572. The van der Waals surface area contributed by atoms with Crippen LogP contribution < -0.4 is 10.1 Å². The number of amides is 2. The van der Waals surface area contributed by atoms with E-state index in [1.54, 1.807) is 0 Å². The number of benzene rings is 1. The van der Waals surface area contributed by atoms with Crippen molar-refractivity contribution >= 4 is 6.03 Å². The van der Waals surface area contributed by atoms with Crippen LogP contribution in [0.5, 0.6) is 5.75 Å². The van der Waals surface area contributed by atoms with Crippen molar-refractivity contribution < 1.29 is 9.53 Å². The molecule has 1 aliphatic heterocycles. The number of carbonyl (C=O) groups is 1. The van der Waals surface area contributed by atoms with Crippen LogP contribution >= 0.6 is 0 Å². The molecule has 120 valence electrons. The fourth-order valence-electron chi connectivity index (χ4n) is 3.28. The maximum atomic E-state index is 12.0. The summed E-state index contributed by atoms with van der Waals surface area (Å²) in [4.78, 5) is 13.8. The molecular weight excluding hydrogens is 276 g/mol. The molecule has 1 N–H and O–H groups in total. The van der Waals surface area contributed by atoms with E-state index in [4.69, 9.17) is 4.74 Å². The normalized spacial score (nSPS) is 19.0. The largest absolute Gasteiger partial charge is 0.487 e. The van der Waals surface area contributed by atoms with E-state index in [9.17, 15) is 4.79 Å². The quantitative estimate of drug-likeness (QED) is 0.906. The number of carbonyl (C=O) groups excluding carboxylic acids is 1. The van der Waals surface area contributed by atoms with Gasteiger partial charge in [0.05, 0.1) is 13.1 Å². The first-order chi connectivity index (χ1) is 10.7. The number of nitrogens with zero attached hydrogens (tertiary/aromatic N) is 1. The lowest BCUT2D eigenvalue weighted by Gasteiger charge is -2.38. The van der Waals surface area contributed by atoms with Gasteiger partial charge in [-0.1, -0.05) is 43.4 Å². The van der Waals surface area contributed by atoms with E-state index < -0.39 is 0 Å². The Kier molecular flexibility index (Phi) is 4.86. The molecule has 1 aliphatic carbocycles. The number of ether oxygens (including phenoxy) is 1. The molecule has 2 fully saturated rings. The summed E-state index contributed by atoms with van der Waals surface area (Å²) >= 11 is 0. The summed E-state index contributed by atoms with van der Waals surface area (Å²) in [6, 6.07) is 8.12. The van der Waals surface area contributed by atoms with E-state index in [1.165, 1.54) is 31.2 Å². The Bertz CT molecular complexity index is 488. The molecule has 0 radical (unpaired) electrons. The van der Waals surface area contributed by atoms with E-state index in [1.807, 2.05) is 29.2 Å². The summed E-state index contributed by atoms with van der Waals surface area (Å²) in [6.07, 6.45) is 6.66. The first-order valence-electron chi connectivity index (χ1n) is 8.47. The van der Waals surface area contributed by atoms with Gasteiger partial charge in [-0.2, -0.15) is 0 Å². The van der Waals surface area contributed by atoms with Crippen LogP contribution in [0.3, 0.4) is 0 Å². The van der Waals surface area contributed by atoms with Crippen molar-refractivity contribution in [3.05, 3.63) is 29.8 Å². The number of hydrogen-bond acceptors (Lipinski definition) is 2. The van der Waals surface area contributed by atoms with Crippen molar-refractivity contribution in [3.8, 4) is 5.75 Å². The molecule has 0 spiro atoms. The van der Waals surface area contributed by atoms with Crippen LogP contribution in [0.2, 0.25) is 0 Å². The summed E-state index contributed by atoms with van der Waals surface area (Å²) in [5.74, 6) is 1.71. The van der Waals surface area contributed by atoms with Crippen LogP contribution in [0, 0.1) is 12.8 Å². The summed E-state index contributed by atoms with van der Waals surface area (Å²) in [5, 5.41) is 3.03. The van der Waals surface area contributed by atoms with Crippen LogP contribution in [0.4, 0.5) is 4.79 Å². The summed E-state index contributed by atoms with van der Waals surface area (Å²) in [5.41, 5.74) is 1.23. The fourth-order valence-corrected chi connectivity index (χ4v) is 3.28. The highest BCUT2D eigenvalue weighted by molar-refractivity contribution is 5.75. The molecule has 0 atom stereocenters. The minimum Gasteiger partial charge on any atom is -0.487 e. The molecule has 1 aromatic rings. The Morgan fingerprint density at radius 3 is 2.59 bits per heavy atom. The van der Waals surface area contributed by atoms with Gasteiger partial charge in [0.1, 0.15) is 11.9 Å². The maximum absolute atomic E-state index is 12.0. The molecule has 0 unspecified atom stereocenters. The lowest BCUT2D eigenvalue weighted by molar-refractivity contribution is 0.0444. The molecule has 0 aromatic heterocycles. The molecule has 4 heteroatoms. The van der Waals surface area contributed by atoms with Gasteiger partial charge in [-0.25, -0.2) is 4.79 Å². The van der Waals surface area contributed by atoms with Gasteiger partial charge in [0, 0.05) is 6.54 Å². The van der Waals surface area contributed by atoms with Gasteiger partial charge in [0.25, 0.3) is 0 Å². The topological polar surface area (TPSA) is 41.6 Å². The lowest BCUT2D eigenvalue weighted by Crippen LogP contribution is -2.59. The molecule has 1 saturated carbocycles. The van der Waals surface area contributed by atoms with Crippen molar-refractivity contribution in [2.45, 2.75) is 45.1 Å². The van der Waals surface area contributed by atoms with Gasteiger partial charge in [-0.15, -0.1) is 0 Å². The second kappa shape index (κ2) is 7.03. The molecule has 4 nitrogen and oxygen atoms in total. The molecule has 1 aromatic carbocycles. The van der Waals surface area contributed by atoms with E-state index >= 15 is 0 Å². The second-order valence-corrected chi connectivity index (χ2v) is 6.63. The average molecular weight is 302 g/mol.